The highest BCUT2D eigenvalue weighted by molar-refractivity contribution is 5.22. The molecule has 0 amide bonds. The van der Waals surface area contributed by atoms with E-state index in [1.807, 2.05) is 0 Å². The summed E-state index contributed by atoms with van der Waals surface area (Å²) in [6.45, 7) is 8.29. The van der Waals surface area contributed by atoms with Gasteiger partial charge in [0.1, 0.15) is 5.83 Å². The van der Waals surface area contributed by atoms with Crippen molar-refractivity contribution in [3.63, 3.8) is 0 Å². The quantitative estimate of drug-likeness (QED) is 0.665. The van der Waals surface area contributed by atoms with Gasteiger partial charge >= 0.3 is 0 Å². The molecule has 0 saturated carbocycles. The fraction of sp³-hybridized carbons (Fsp3) is 0.500. The lowest BCUT2D eigenvalue weighted by atomic mass is 10.0. The Kier molecular flexibility index (Phi) is 4.60. The minimum absolute atomic E-state index is 0.297. The summed E-state index contributed by atoms with van der Waals surface area (Å²) >= 11 is 0. The Morgan fingerprint density at radius 2 is 2.36 bits per heavy atom. The number of hydrogen-bond acceptors (Lipinski definition) is 1. The molecule has 0 aromatic heterocycles. The van der Waals surface area contributed by atoms with E-state index in [1.165, 1.54) is 25.0 Å². The van der Waals surface area contributed by atoms with Crippen LogP contribution in [0, 0.1) is 0 Å². The van der Waals surface area contributed by atoms with Crippen LogP contribution in [0.25, 0.3) is 0 Å². The van der Waals surface area contributed by atoms with Crippen molar-refractivity contribution in [2.75, 3.05) is 6.54 Å². The lowest BCUT2D eigenvalue weighted by Gasteiger charge is -2.09. The molecule has 1 aliphatic heterocycles. The van der Waals surface area contributed by atoms with E-state index in [4.69, 9.17) is 0 Å². The molecular weight excluding hydrogens is 177 g/mol. The number of nitrogens with one attached hydrogen (secondary N) is 1. The first-order chi connectivity index (χ1) is 6.72. The Labute approximate surface area is 85.4 Å². The highest BCUT2D eigenvalue weighted by atomic mass is 19.1. The molecule has 14 heavy (non-hydrogen) atoms. The van der Waals surface area contributed by atoms with E-state index >= 15 is 0 Å². The van der Waals surface area contributed by atoms with Crippen LogP contribution in [0.15, 0.2) is 36.7 Å². The number of allylic oxidation sites excluding steroid dienone is 4. The normalized spacial score (nSPS) is 22.4. The molecule has 1 nitrogen and oxygen atoms in total. The van der Waals surface area contributed by atoms with E-state index in [-0.39, 0.29) is 5.83 Å². The second-order valence-corrected chi connectivity index (χ2v) is 3.72. The van der Waals surface area contributed by atoms with Crippen LogP contribution in [0.4, 0.5) is 4.39 Å². The molecule has 0 aromatic rings. The van der Waals surface area contributed by atoms with Crippen LogP contribution in [-0.4, -0.2) is 12.6 Å². The summed E-state index contributed by atoms with van der Waals surface area (Å²) in [5.41, 5.74) is 0.844. The molecular formula is C12H18FN. The Bertz CT molecular complexity index is 237. The van der Waals surface area contributed by atoms with Crippen LogP contribution in [0.5, 0.6) is 0 Å². The zero-order valence-electron chi connectivity index (χ0n) is 8.56. The summed E-state index contributed by atoms with van der Waals surface area (Å²) in [5, 5.41) is 3.40. The van der Waals surface area contributed by atoms with Gasteiger partial charge in [0.15, 0.2) is 0 Å². The fourth-order valence-corrected chi connectivity index (χ4v) is 1.69. The minimum Gasteiger partial charge on any atom is -0.314 e. The van der Waals surface area contributed by atoms with Crippen molar-refractivity contribution in [3.8, 4) is 0 Å². The first-order valence-corrected chi connectivity index (χ1v) is 5.13. The van der Waals surface area contributed by atoms with Gasteiger partial charge in [0, 0.05) is 6.04 Å². The molecule has 2 heteroatoms. The van der Waals surface area contributed by atoms with Gasteiger partial charge in [0.2, 0.25) is 0 Å². The maximum absolute atomic E-state index is 12.7. The Balaban J connectivity index is 2.23. The number of rotatable bonds is 5. The second-order valence-electron chi connectivity index (χ2n) is 3.72. The zero-order valence-corrected chi connectivity index (χ0v) is 8.56. The van der Waals surface area contributed by atoms with Crippen LogP contribution in [0.2, 0.25) is 0 Å². The smallest absolute Gasteiger partial charge is 0.122 e. The van der Waals surface area contributed by atoms with Crippen molar-refractivity contribution in [1.29, 1.82) is 0 Å². The Morgan fingerprint density at radius 1 is 1.57 bits per heavy atom. The van der Waals surface area contributed by atoms with Crippen molar-refractivity contribution in [2.45, 2.75) is 31.7 Å². The minimum atomic E-state index is -0.297. The van der Waals surface area contributed by atoms with Crippen molar-refractivity contribution in [2.24, 2.45) is 0 Å². The van der Waals surface area contributed by atoms with Gasteiger partial charge in [0.25, 0.3) is 0 Å². The molecule has 1 heterocycles. The maximum Gasteiger partial charge on any atom is 0.122 e. The largest absolute Gasteiger partial charge is 0.314 e. The lowest BCUT2D eigenvalue weighted by molar-refractivity contribution is 0.559. The van der Waals surface area contributed by atoms with Crippen LogP contribution < -0.4 is 5.32 Å². The standard InChI is InChI=1S/C12H18FN/c1-3-11(13)9-10(2)6-7-12-5-4-8-14-12/h3,9,12,14H,1-2,4-8H2/b11-9+/t12-/m0/s1. The zero-order chi connectivity index (χ0) is 10.4. The summed E-state index contributed by atoms with van der Waals surface area (Å²) in [6, 6.07) is 0.604. The van der Waals surface area contributed by atoms with Gasteiger partial charge in [0.05, 0.1) is 0 Å². The summed E-state index contributed by atoms with van der Waals surface area (Å²) in [6.07, 6.45) is 7.08. The van der Waals surface area contributed by atoms with E-state index in [2.05, 4.69) is 18.5 Å². The van der Waals surface area contributed by atoms with Gasteiger partial charge < -0.3 is 5.32 Å². The van der Waals surface area contributed by atoms with Crippen LogP contribution in [0.1, 0.15) is 25.7 Å². The third kappa shape index (κ3) is 3.88. The predicted octanol–water partition coefficient (Wildman–Crippen LogP) is 3.11. The summed E-state index contributed by atoms with van der Waals surface area (Å²) < 4.78 is 12.7. The summed E-state index contributed by atoms with van der Waals surface area (Å²) in [4.78, 5) is 0. The second kappa shape index (κ2) is 5.76. The monoisotopic (exact) mass is 195 g/mol. The first kappa shape index (κ1) is 11.2. The van der Waals surface area contributed by atoms with E-state index in [0.29, 0.717) is 6.04 Å². The van der Waals surface area contributed by atoms with Gasteiger partial charge in [-0.2, -0.15) is 0 Å². The van der Waals surface area contributed by atoms with Gasteiger partial charge in [-0.1, -0.05) is 18.7 Å². The van der Waals surface area contributed by atoms with E-state index in [9.17, 15) is 4.39 Å². The molecule has 0 spiro atoms. The molecule has 0 bridgehead atoms. The van der Waals surface area contributed by atoms with Crippen molar-refractivity contribution < 1.29 is 4.39 Å². The lowest BCUT2D eigenvalue weighted by Crippen LogP contribution is -2.20. The summed E-state index contributed by atoms with van der Waals surface area (Å²) in [7, 11) is 0. The van der Waals surface area contributed by atoms with Gasteiger partial charge in [-0.25, -0.2) is 4.39 Å². The topological polar surface area (TPSA) is 12.0 Å². The third-order valence-electron chi connectivity index (χ3n) is 2.51. The predicted molar refractivity (Wildman–Crippen MR) is 58.8 cm³/mol. The average molecular weight is 195 g/mol. The van der Waals surface area contributed by atoms with Gasteiger partial charge in [-0.05, 0) is 44.4 Å². The van der Waals surface area contributed by atoms with Crippen molar-refractivity contribution >= 4 is 0 Å². The number of halogens is 1. The molecule has 1 N–H and O–H groups in total. The Morgan fingerprint density at radius 3 is 2.93 bits per heavy atom. The fourth-order valence-electron chi connectivity index (χ4n) is 1.69. The molecule has 1 aliphatic rings. The van der Waals surface area contributed by atoms with E-state index in [1.54, 1.807) is 0 Å². The van der Waals surface area contributed by atoms with Gasteiger partial charge in [-0.15, -0.1) is 0 Å². The molecule has 0 radical (unpaired) electrons. The SMILES string of the molecule is C=C/C(F)=C\C(=C)CC[C@@H]1CCCN1. The molecule has 0 aliphatic carbocycles. The summed E-state index contributed by atoms with van der Waals surface area (Å²) in [5.74, 6) is -0.297. The first-order valence-electron chi connectivity index (χ1n) is 5.13. The van der Waals surface area contributed by atoms with Crippen molar-refractivity contribution in [1.82, 2.24) is 5.32 Å². The third-order valence-corrected chi connectivity index (χ3v) is 2.51. The molecule has 1 fully saturated rings. The molecule has 1 saturated heterocycles. The molecule has 1 atom stereocenters. The highest BCUT2D eigenvalue weighted by Gasteiger charge is 2.13. The van der Waals surface area contributed by atoms with Crippen LogP contribution >= 0.6 is 0 Å². The van der Waals surface area contributed by atoms with Crippen LogP contribution in [-0.2, 0) is 0 Å². The highest BCUT2D eigenvalue weighted by Crippen LogP contribution is 2.15. The van der Waals surface area contributed by atoms with Crippen LogP contribution in [0.3, 0.4) is 0 Å². The molecule has 0 aromatic carbocycles. The molecule has 0 unspecified atom stereocenters. The van der Waals surface area contributed by atoms with E-state index in [0.717, 1.165) is 25.0 Å². The molecule has 1 rings (SSSR count). The van der Waals surface area contributed by atoms with Gasteiger partial charge in [-0.3, -0.25) is 0 Å². The van der Waals surface area contributed by atoms with E-state index < -0.39 is 0 Å². The Hall–Kier alpha value is -0.890. The molecule has 78 valence electrons. The average Bonchev–Trinajstić information content (AvgIpc) is 2.67. The maximum atomic E-state index is 12.7. The van der Waals surface area contributed by atoms with Crippen molar-refractivity contribution in [3.05, 3.63) is 36.7 Å². The number of hydrogen-bond donors (Lipinski definition) is 1.